The summed E-state index contributed by atoms with van der Waals surface area (Å²) in [6.45, 7) is 6.71. The van der Waals surface area contributed by atoms with E-state index in [1.807, 2.05) is 6.07 Å². The van der Waals surface area contributed by atoms with Gasteiger partial charge < -0.3 is 15.4 Å². The maximum atomic E-state index is 6.16. The lowest BCUT2D eigenvalue weighted by Crippen LogP contribution is -2.38. The molecule has 0 aliphatic carbocycles. The minimum Gasteiger partial charge on any atom is -0.377 e. The van der Waals surface area contributed by atoms with Crippen molar-refractivity contribution in [3.8, 4) is 0 Å². The Morgan fingerprint density at radius 2 is 1.89 bits per heavy atom. The molecule has 3 nitrogen and oxygen atoms in total. The van der Waals surface area contributed by atoms with Crippen LogP contribution in [0.2, 0.25) is 0 Å². The third-order valence-electron chi connectivity index (χ3n) is 2.81. The first-order chi connectivity index (χ1) is 8.58. The van der Waals surface area contributed by atoms with Gasteiger partial charge in [0.1, 0.15) is 0 Å². The van der Waals surface area contributed by atoms with Crippen LogP contribution in [0.3, 0.4) is 0 Å². The van der Waals surface area contributed by atoms with Crippen molar-refractivity contribution in [1.29, 1.82) is 0 Å². The molecule has 0 bridgehead atoms. The topological polar surface area (TPSA) is 38.5 Å². The van der Waals surface area contributed by atoms with Gasteiger partial charge in [0, 0.05) is 19.1 Å². The van der Waals surface area contributed by atoms with Crippen molar-refractivity contribution >= 4 is 0 Å². The average Bonchev–Trinajstić information content (AvgIpc) is 2.29. The quantitative estimate of drug-likeness (QED) is 0.766. The minimum absolute atomic E-state index is 0.177. The molecule has 102 valence electrons. The highest BCUT2D eigenvalue weighted by Gasteiger charge is 2.07. The molecule has 0 aliphatic heterocycles. The minimum atomic E-state index is 0.177. The Morgan fingerprint density at radius 1 is 1.22 bits per heavy atom. The fraction of sp³-hybridized carbons (Fsp3) is 0.600. The Labute approximate surface area is 111 Å². The Kier molecular flexibility index (Phi) is 6.94. The fourth-order valence-electron chi connectivity index (χ4n) is 1.92. The summed E-state index contributed by atoms with van der Waals surface area (Å²) >= 11 is 0. The molecular weight excluding hydrogens is 224 g/mol. The summed E-state index contributed by atoms with van der Waals surface area (Å²) in [5.74, 6) is 0. The second-order valence-corrected chi connectivity index (χ2v) is 5.13. The van der Waals surface area contributed by atoms with Crippen LogP contribution in [-0.2, 0) is 11.2 Å². The molecule has 3 heteroatoms. The summed E-state index contributed by atoms with van der Waals surface area (Å²) in [6, 6.07) is 10.6. The van der Waals surface area contributed by atoms with Crippen molar-refractivity contribution < 1.29 is 4.74 Å². The Morgan fingerprint density at radius 3 is 2.50 bits per heavy atom. The van der Waals surface area contributed by atoms with E-state index in [0.717, 1.165) is 26.1 Å². The van der Waals surface area contributed by atoms with Crippen LogP contribution >= 0.6 is 0 Å². The highest BCUT2D eigenvalue weighted by Crippen LogP contribution is 2.02. The van der Waals surface area contributed by atoms with Crippen molar-refractivity contribution in [2.75, 3.05) is 26.7 Å². The molecule has 1 aromatic rings. The molecule has 0 fully saturated rings. The average molecular weight is 250 g/mol. The normalized spacial score (nSPS) is 13.2. The number of rotatable bonds is 8. The van der Waals surface area contributed by atoms with Crippen LogP contribution in [0.4, 0.5) is 0 Å². The standard InChI is InChI=1S/C15H26N2O/c1-13(2)18-10-9-17(3)12-15(16)11-14-7-5-4-6-8-14/h4-8,13,15H,9-12,16H2,1-3H3. The predicted octanol–water partition coefficient (Wildman–Crippen LogP) is 1.91. The van der Waals surface area contributed by atoms with Crippen LogP contribution in [0.5, 0.6) is 0 Å². The van der Waals surface area contributed by atoms with E-state index < -0.39 is 0 Å². The number of hydrogen-bond acceptors (Lipinski definition) is 3. The van der Waals surface area contributed by atoms with Crippen LogP contribution < -0.4 is 5.73 Å². The van der Waals surface area contributed by atoms with Crippen LogP contribution in [0.15, 0.2) is 30.3 Å². The van der Waals surface area contributed by atoms with Crippen molar-refractivity contribution in [1.82, 2.24) is 4.90 Å². The maximum absolute atomic E-state index is 6.16. The molecule has 0 amide bonds. The van der Waals surface area contributed by atoms with Crippen LogP contribution in [0, 0.1) is 0 Å². The highest BCUT2D eigenvalue weighted by molar-refractivity contribution is 5.15. The smallest absolute Gasteiger partial charge is 0.0596 e. The van der Waals surface area contributed by atoms with E-state index in [0.29, 0.717) is 6.10 Å². The zero-order chi connectivity index (χ0) is 13.4. The van der Waals surface area contributed by atoms with E-state index in [1.54, 1.807) is 0 Å². The SMILES string of the molecule is CC(C)OCCN(C)CC(N)Cc1ccccc1. The van der Waals surface area contributed by atoms with Crippen molar-refractivity contribution in [2.45, 2.75) is 32.4 Å². The third kappa shape index (κ3) is 6.74. The largest absolute Gasteiger partial charge is 0.377 e. The monoisotopic (exact) mass is 250 g/mol. The molecule has 2 N–H and O–H groups in total. The van der Waals surface area contributed by atoms with Crippen molar-refractivity contribution in [3.63, 3.8) is 0 Å². The van der Waals surface area contributed by atoms with Gasteiger partial charge >= 0.3 is 0 Å². The van der Waals surface area contributed by atoms with Crippen LogP contribution in [-0.4, -0.2) is 43.8 Å². The van der Waals surface area contributed by atoms with E-state index in [-0.39, 0.29) is 6.04 Å². The van der Waals surface area contributed by atoms with Gasteiger partial charge in [0.15, 0.2) is 0 Å². The van der Waals surface area contributed by atoms with Gasteiger partial charge in [-0.3, -0.25) is 0 Å². The molecule has 1 rings (SSSR count). The van der Waals surface area contributed by atoms with Gasteiger partial charge in [-0.25, -0.2) is 0 Å². The molecule has 0 aliphatic rings. The molecule has 1 aromatic carbocycles. The number of benzene rings is 1. The first-order valence-electron chi connectivity index (χ1n) is 6.67. The predicted molar refractivity (Wildman–Crippen MR) is 76.7 cm³/mol. The Bertz CT molecular complexity index is 314. The molecule has 0 radical (unpaired) electrons. The summed E-state index contributed by atoms with van der Waals surface area (Å²) in [5.41, 5.74) is 7.46. The van der Waals surface area contributed by atoms with Gasteiger partial charge in [-0.1, -0.05) is 30.3 Å². The van der Waals surface area contributed by atoms with E-state index in [1.165, 1.54) is 5.56 Å². The van der Waals surface area contributed by atoms with E-state index in [2.05, 4.69) is 50.1 Å². The Hall–Kier alpha value is -0.900. The third-order valence-corrected chi connectivity index (χ3v) is 2.81. The van der Waals surface area contributed by atoms with E-state index in [4.69, 9.17) is 10.5 Å². The van der Waals surface area contributed by atoms with E-state index in [9.17, 15) is 0 Å². The lowest BCUT2D eigenvalue weighted by atomic mass is 10.1. The van der Waals surface area contributed by atoms with Gasteiger partial charge in [-0.2, -0.15) is 0 Å². The number of ether oxygens (including phenoxy) is 1. The number of likely N-dealkylation sites (N-methyl/N-ethyl adjacent to an activating group) is 1. The summed E-state index contributed by atoms with van der Waals surface area (Å²) in [4.78, 5) is 2.23. The summed E-state index contributed by atoms with van der Waals surface area (Å²) in [5, 5.41) is 0. The lowest BCUT2D eigenvalue weighted by Gasteiger charge is -2.21. The molecule has 0 saturated heterocycles. The van der Waals surface area contributed by atoms with Gasteiger partial charge in [0.2, 0.25) is 0 Å². The molecular formula is C15H26N2O. The second kappa shape index (κ2) is 8.25. The van der Waals surface area contributed by atoms with E-state index >= 15 is 0 Å². The molecule has 0 aromatic heterocycles. The van der Waals surface area contributed by atoms with Crippen LogP contribution in [0.25, 0.3) is 0 Å². The summed E-state index contributed by atoms with van der Waals surface area (Å²) in [7, 11) is 2.09. The zero-order valence-electron chi connectivity index (χ0n) is 11.8. The maximum Gasteiger partial charge on any atom is 0.0596 e. The number of nitrogens with two attached hydrogens (primary N) is 1. The van der Waals surface area contributed by atoms with Crippen molar-refractivity contribution in [3.05, 3.63) is 35.9 Å². The van der Waals surface area contributed by atoms with Gasteiger partial charge in [-0.15, -0.1) is 0 Å². The number of hydrogen-bond donors (Lipinski definition) is 1. The van der Waals surface area contributed by atoms with Gasteiger partial charge in [-0.05, 0) is 32.9 Å². The van der Waals surface area contributed by atoms with Gasteiger partial charge in [0.25, 0.3) is 0 Å². The van der Waals surface area contributed by atoms with Gasteiger partial charge in [0.05, 0.1) is 12.7 Å². The van der Waals surface area contributed by atoms with Crippen molar-refractivity contribution in [2.24, 2.45) is 5.73 Å². The van der Waals surface area contributed by atoms with Crippen LogP contribution in [0.1, 0.15) is 19.4 Å². The first kappa shape index (κ1) is 15.2. The Balaban J connectivity index is 2.21. The molecule has 1 unspecified atom stereocenters. The highest BCUT2D eigenvalue weighted by atomic mass is 16.5. The first-order valence-corrected chi connectivity index (χ1v) is 6.67. The molecule has 1 atom stereocenters. The summed E-state index contributed by atoms with van der Waals surface area (Å²) < 4.78 is 5.53. The number of nitrogens with zero attached hydrogens (tertiary/aromatic N) is 1. The lowest BCUT2D eigenvalue weighted by molar-refractivity contribution is 0.0630. The second-order valence-electron chi connectivity index (χ2n) is 5.13. The molecule has 0 saturated carbocycles. The zero-order valence-corrected chi connectivity index (χ0v) is 11.8. The fourth-order valence-corrected chi connectivity index (χ4v) is 1.92. The molecule has 0 spiro atoms. The summed E-state index contributed by atoms with van der Waals surface area (Å²) in [6.07, 6.45) is 1.23. The molecule has 0 heterocycles. The molecule has 18 heavy (non-hydrogen) atoms.